The molecule has 68 valence electrons. The van der Waals surface area contributed by atoms with Gasteiger partial charge in [-0.2, -0.15) is 0 Å². The van der Waals surface area contributed by atoms with E-state index in [2.05, 4.69) is 6.92 Å². The first-order valence-electron chi connectivity index (χ1n) is 4.55. The highest BCUT2D eigenvalue weighted by atomic mass is 35.5. The molecule has 0 aliphatic rings. The van der Waals surface area contributed by atoms with Crippen molar-refractivity contribution in [1.82, 2.24) is 0 Å². The summed E-state index contributed by atoms with van der Waals surface area (Å²) < 4.78 is 5.01. The third-order valence-corrected chi connectivity index (χ3v) is 1.87. The Labute approximate surface area is 75.1 Å². The molecule has 0 saturated heterocycles. The molecule has 0 aliphatic heterocycles. The van der Waals surface area contributed by atoms with Crippen molar-refractivity contribution in [3.8, 4) is 0 Å². The zero-order valence-corrected chi connectivity index (χ0v) is 8.20. The highest BCUT2D eigenvalue weighted by Gasteiger charge is 1.89. The molecule has 0 saturated carbocycles. The summed E-state index contributed by atoms with van der Waals surface area (Å²) in [6, 6.07) is 0.342. The van der Waals surface area contributed by atoms with Crippen molar-refractivity contribution in [2.24, 2.45) is 0 Å². The van der Waals surface area contributed by atoms with E-state index in [0.29, 0.717) is 6.07 Å². The molecule has 0 rings (SSSR count). The number of alkyl halides is 1. The molecule has 0 heterocycles. The number of halogens is 1. The van der Waals surface area contributed by atoms with Crippen LogP contribution < -0.4 is 0 Å². The van der Waals surface area contributed by atoms with Crippen molar-refractivity contribution < 1.29 is 4.74 Å². The minimum absolute atomic E-state index is 0.342. The van der Waals surface area contributed by atoms with Crippen molar-refractivity contribution in [1.29, 1.82) is 0 Å². The summed E-state index contributed by atoms with van der Waals surface area (Å²) in [5.74, 6) is 0. The van der Waals surface area contributed by atoms with E-state index < -0.39 is 0 Å². The maximum atomic E-state index is 5.34. The summed E-state index contributed by atoms with van der Waals surface area (Å²) in [5, 5.41) is 0. The molecule has 11 heavy (non-hydrogen) atoms. The summed E-state index contributed by atoms with van der Waals surface area (Å²) in [4.78, 5) is 0. The lowest BCUT2D eigenvalue weighted by Gasteiger charge is -1.99. The summed E-state index contributed by atoms with van der Waals surface area (Å²) in [7, 11) is 0. The molecule has 0 atom stereocenters. The first-order chi connectivity index (χ1) is 5.41. The van der Waals surface area contributed by atoms with Gasteiger partial charge in [0.1, 0.15) is 6.07 Å². The molecule has 0 bridgehead atoms. The Balaban J connectivity index is 2.69. The molecule has 0 aromatic rings. The first-order valence-corrected chi connectivity index (χ1v) is 5.09. The minimum Gasteiger partial charge on any atom is -0.366 e. The number of hydrogen-bond donors (Lipinski definition) is 0. The number of ether oxygens (including phenoxy) is 1. The van der Waals surface area contributed by atoms with E-state index in [9.17, 15) is 0 Å². The van der Waals surface area contributed by atoms with Crippen LogP contribution in [0.25, 0.3) is 0 Å². The number of unbranched alkanes of at least 4 members (excludes halogenated alkanes) is 5. The van der Waals surface area contributed by atoms with E-state index in [1.165, 1.54) is 32.1 Å². The Morgan fingerprint density at radius 1 is 1.00 bits per heavy atom. The van der Waals surface area contributed by atoms with Gasteiger partial charge < -0.3 is 4.74 Å². The second-order valence-electron chi connectivity index (χ2n) is 2.79. The van der Waals surface area contributed by atoms with E-state index in [-0.39, 0.29) is 0 Å². The van der Waals surface area contributed by atoms with Crippen LogP contribution in [-0.4, -0.2) is 12.7 Å². The van der Waals surface area contributed by atoms with Gasteiger partial charge in [0, 0.05) is 6.61 Å². The molecule has 0 unspecified atom stereocenters. The van der Waals surface area contributed by atoms with Crippen LogP contribution in [0.15, 0.2) is 0 Å². The van der Waals surface area contributed by atoms with Crippen LogP contribution in [-0.2, 0) is 4.74 Å². The summed E-state index contributed by atoms with van der Waals surface area (Å²) in [6.07, 6.45) is 7.86. The molecule has 0 aliphatic carbocycles. The summed E-state index contributed by atoms with van der Waals surface area (Å²) in [5.41, 5.74) is 0. The standard InChI is InChI=1S/C9H19ClO/c1-2-3-4-5-6-7-8-11-9-10/h2-9H2,1H3. The van der Waals surface area contributed by atoms with Crippen molar-refractivity contribution in [2.45, 2.75) is 45.4 Å². The van der Waals surface area contributed by atoms with Gasteiger partial charge in [0.15, 0.2) is 0 Å². The maximum absolute atomic E-state index is 5.34. The van der Waals surface area contributed by atoms with Gasteiger partial charge in [-0.1, -0.05) is 50.6 Å². The predicted octanol–water partition coefficient (Wildman–Crippen LogP) is 3.56. The van der Waals surface area contributed by atoms with Crippen LogP contribution in [0, 0.1) is 0 Å². The van der Waals surface area contributed by atoms with E-state index in [1.54, 1.807) is 0 Å². The molecule has 2 heteroatoms. The smallest absolute Gasteiger partial charge is 0.120 e. The fraction of sp³-hybridized carbons (Fsp3) is 1.00. The molecule has 0 fully saturated rings. The zero-order chi connectivity index (χ0) is 8.36. The Hall–Kier alpha value is 0.250. The topological polar surface area (TPSA) is 9.23 Å². The van der Waals surface area contributed by atoms with Gasteiger partial charge in [-0.3, -0.25) is 0 Å². The predicted molar refractivity (Wildman–Crippen MR) is 50.0 cm³/mol. The lowest BCUT2D eigenvalue weighted by molar-refractivity contribution is 0.173. The van der Waals surface area contributed by atoms with Gasteiger partial charge in [0.25, 0.3) is 0 Å². The van der Waals surface area contributed by atoms with Gasteiger partial charge in [-0.25, -0.2) is 0 Å². The Kier molecular flexibility index (Phi) is 10.5. The molecule has 0 N–H and O–H groups in total. The summed E-state index contributed by atoms with van der Waals surface area (Å²) >= 11 is 5.34. The number of hydrogen-bond acceptors (Lipinski definition) is 1. The lowest BCUT2D eigenvalue weighted by Crippen LogP contribution is -1.91. The largest absolute Gasteiger partial charge is 0.366 e. The van der Waals surface area contributed by atoms with Crippen LogP contribution >= 0.6 is 11.6 Å². The van der Waals surface area contributed by atoms with Crippen molar-refractivity contribution in [2.75, 3.05) is 12.7 Å². The van der Waals surface area contributed by atoms with Crippen LogP contribution in [0.5, 0.6) is 0 Å². The Morgan fingerprint density at radius 3 is 2.27 bits per heavy atom. The third-order valence-electron chi connectivity index (χ3n) is 1.72. The quantitative estimate of drug-likeness (QED) is 0.408. The molecule has 0 aromatic heterocycles. The average Bonchev–Trinajstić information content (AvgIpc) is 2.03. The van der Waals surface area contributed by atoms with Gasteiger partial charge >= 0.3 is 0 Å². The van der Waals surface area contributed by atoms with Crippen LogP contribution in [0.3, 0.4) is 0 Å². The second-order valence-corrected chi connectivity index (χ2v) is 3.00. The highest BCUT2D eigenvalue weighted by molar-refractivity contribution is 6.17. The van der Waals surface area contributed by atoms with Gasteiger partial charge in [-0.05, 0) is 6.42 Å². The van der Waals surface area contributed by atoms with Gasteiger partial charge in [-0.15, -0.1) is 0 Å². The normalized spacial score (nSPS) is 10.4. The Morgan fingerprint density at radius 2 is 1.64 bits per heavy atom. The zero-order valence-electron chi connectivity index (χ0n) is 7.44. The average molecular weight is 179 g/mol. The van der Waals surface area contributed by atoms with Crippen molar-refractivity contribution in [3.63, 3.8) is 0 Å². The van der Waals surface area contributed by atoms with Crippen molar-refractivity contribution in [3.05, 3.63) is 0 Å². The van der Waals surface area contributed by atoms with E-state index in [1.807, 2.05) is 0 Å². The monoisotopic (exact) mass is 178 g/mol. The Bertz CT molecular complexity index is 58.6. The van der Waals surface area contributed by atoms with E-state index in [4.69, 9.17) is 16.3 Å². The van der Waals surface area contributed by atoms with Gasteiger partial charge in [0.2, 0.25) is 0 Å². The van der Waals surface area contributed by atoms with Gasteiger partial charge in [0.05, 0.1) is 0 Å². The molecule has 0 radical (unpaired) electrons. The van der Waals surface area contributed by atoms with E-state index >= 15 is 0 Å². The molecule has 0 aromatic carbocycles. The van der Waals surface area contributed by atoms with E-state index in [0.717, 1.165) is 13.0 Å². The minimum atomic E-state index is 0.342. The van der Waals surface area contributed by atoms with Crippen molar-refractivity contribution >= 4 is 11.6 Å². The van der Waals surface area contributed by atoms with Crippen LogP contribution in [0.4, 0.5) is 0 Å². The lowest BCUT2D eigenvalue weighted by atomic mass is 10.1. The SMILES string of the molecule is CCCCCCCCOCCl. The third kappa shape index (κ3) is 10.2. The fourth-order valence-corrected chi connectivity index (χ4v) is 1.15. The molecule has 0 spiro atoms. The molecule has 0 amide bonds. The highest BCUT2D eigenvalue weighted by Crippen LogP contribution is 2.04. The second kappa shape index (κ2) is 10.2. The maximum Gasteiger partial charge on any atom is 0.120 e. The molecular formula is C9H19ClO. The van der Waals surface area contributed by atoms with Crippen LogP contribution in [0.1, 0.15) is 45.4 Å². The fourth-order valence-electron chi connectivity index (χ4n) is 1.04. The molecule has 1 nitrogen and oxygen atoms in total. The van der Waals surface area contributed by atoms with Crippen LogP contribution in [0.2, 0.25) is 0 Å². The number of rotatable bonds is 8. The molecular weight excluding hydrogens is 160 g/mol. The summed E-state index contributed by atoms with van der Waals surface area (Å²) in [6.45, 7) is 3.06. The first kappa shape index (κ1) is 11.2.